The summed E-state index contributed by atoms with van der Waals surface area (Å²) in [7, 11) is 5.04. The molecule has 0 radical (unpaired) electrons. The first kappa shape index (κ1) is 19.9. The molecule has 0 aromatic heterocycles. The molecule has 148 valence electrons. The van der Waals surface area contributed by atoms with Gasteiger partial charge in [-0.1, -0.05) is 11.6 Å². The second kappa shape index (κ2) is 8.46. The molecule has 8 heteroatoms. The fourth-order valence-corrected chi connectivity index (χ4v) is 3.85. The number of nitrogens with one attached hydrogen (secondary N) is 1. The van der Waals surface area contributed by atoms with Crippen molar-refractivity contribution < 1.29 is 19.1 Å². The minimum atomic E-state index is -0.166. The van der Waals surface area contributed by atoms with Crippen molar-refractivity contribution in [3.8, 4) is 5.75 Å². The molecule has 2 fully saturated rings. The van der Waals surface area contributed by atoms with E-state index in [1.807, 2.05) is 0 Å². The largest absolute Gasteiger partial charge is 0.497 e. The monoisotopic (exact) mass is 395 g/mol. The molecule has 1 N–H and O–H groups in total. The standard InChI is InChI=1S/C19H26ClN3O4/c1-22(2)18(24)8-17-10-23-9-14(7-15(23)11-27-17)21-19(25)12-4-13(20)6-16(5-12)26-3/h4-6,14-15,17H,7-11H2,1-3H3,(H,21,25)/t14-,15+,17+/m1/s1. The molecule has 0 aliphatic carbocycles. The summed E-state index contributed by atoms with van der Waals surface area (Å²) in [6.07, 6.45) is 1.12. The molecule has 2 heterocycles. The number of rotatable bonds is 5. The summed E-state index contributed by atoms with van der Waals surface area (Å²) in [6, 6.07) is 5.29. The van der Waals surface area contributed by atoms with Crippen molar-refractivity contribution in [3.05, 3.63) is 28.8 Å². The fourth-order valence-electron chi connectivity index (χ4n) is 3.63. The summed E-state index contributed by atoms with van der Waals surface area (Å²) >= 11 is 6.05. The third-order valence-electron chi connectivity index (χ3n) is 5.10. The molecule has 0 spiro atoms. The van der Waals surface area contributed by atoms with Crippen LogP contribution in [0.2, 0.25) is 5.02 Å². The first-order chi connectivity index (χ1) is 12.9. The molecular weight excluding hydrogens is 370 g/mol. The highest BCUT2D eigenvalue weighted by Gasteiger charge is 2.38. The van der Waals surface area contributed by atoms with Crippen molar-refractivity contribution in [1.29, 1.82) is 0 Å². The van der Waals surface area contributed by atoms with E-state index in [9.17, 15) is 9.59 Å². The van der Waals surface area contributed by atoms with E-state index < -0.39 is 0 Å². The van der Waals surface area contributed by atoms with E-state index in [4.69, 9.17) is 21.1 Å². The van der Waals surface area contributed by atoms with Crippen LogP contribution < -0.4 is 10.1 Å². The van der Waals surface area contributed by atoms with E-state index in [0.29, 0.717) is 35.9 Å². The lowest BCUT2D eigenvalue weighted by atomic mass is 10.1. The Morgan fingerprint density at radius 3 is 2.81 bits per heavy atom. The summed E-state index contributed by atoms with van der Waals surface area (Å²) in [5, 5.41) is 3.54. The van der Waals surface area contributed by atoms with E-state index in [1.165, 1.54) is 0 Å². The maximum absolute atomic E-state index is 12.6. The number of carbonyl (C=O) groups excluding carboxylic acids is 2. The smallest absolute Gasteiger partial charge is 0.251 e. The molecule has 3 rings (SSSR count). The van der Waals surface area contributed by atoms with Gasteiger partial charge in [0.25, 0.3) is 5.91 Å². The number of hydrogen-bond acceptors (Lipinski definition) is 5. The van der Waals surface area contributed by atoms with Gasteiger partial charge in [-0.3, -0.25) is 14.5 Å². The van der Waals surface area contributed by atoms with Gasteiger partial charge in [0, 0.05) is 49.9 Å². The second-order valence-electron chi connectivity index (χ2n) is 7.34. The molecule has 1 aromatic carbocycles. The highest BCUT2D eigenvalue weighted by molar-refractivity contribution is 6.31. The summed E-state index contributed by atoms with van der Waals surface area (Å²) in [5.41, 5.74) is 0.481. The van der Waals surface area contributed by atoms with Crippen LogP contribution in [0.3, 0.4) is 0 Å². The van der Waals surface area contributed by atoms with Gasteiger partial charge < -0.3 is 19.7 Å². The molecule has 2 saturated heterocycles. The number of carbonyl (C=O) groups is 2. The summed E-state index contributed by atoms with van der Waals surface area (Å²) < 4.78 is 11.0. The molecule has 0 bridgehead atoms. The van der Waals surface area contributed by atoms with Crippen LogP contribution in [0.1, 0.15) is 23.2 Å². The minimum Gasteiger partial charge on any atom is -0.497 e. The molecule has 0 unspecified atom stereocenters. The molecule has 2 aliphatic rings. The molecule has 0 saturated carbocycles. The average molecular weight is 396 g/mol. The van der Waals surface area contributed by atoms with Gasteiger partial charge in [0.05, 0.1) is 26.2 Å². The van der Waals surface area contributed by atoms with E-state index >= 15 is 0 Å². The predicted octanol–water partition coefficient (Wildman–Crippen LogP) is 1.40. The number of ether oxygens (including phenoxy) is 2. The van der Waals surface area contributed by atoms with Gasteiger partial charge in [-0.05, 0) is 24.6 Å². The first-order valence-electron chi connectivity index (χ1n) is 9.07. The molecule has 7 nitrogen and oxygen atoms in total. The highest BCUT2D eigenvalue weighted by atomic mass is 35.5. The number of fused-ring (bicyclic) bond motifs is 1. The van der Waals surface area contributed by atoms with Crippen molar-refractivity contribution in [2.75, 3.05) is 40.9 Å². The molecule has 2 amide bonds. The zero-order valence-electron chi connectivity index (χ0n) is 15.9. The lowest BCUT2D eigenvalue weighted by Crippen LogP contribution is -2.47. The summed E-state index contributed by atoms with van der Waals surface area (Å²) in [5.74, 6) is 0.455. The maximum Gasteiger partial charge on any atom is 0.251 e. The molecule has 2 aliphatic heterocycles. The maximum atomic E-state index is 12.6. The molecule has 1 aromatic rings. The molecule has 27 heavy (non-hydrogen) atoms. The lowest BCUT2D eigenvalue weighted by Gasteiger charge is -2.35. The van der Waals surface area contributed by atoms with Crippen LogP contribution in [-0.4, -0.2) is 80.7 Å². The van der Waals surface area contributed by atoms with Crippen LogP contribution >= 0.6 is 11.6 Å². The highest BCUT2D eigenvalue weighted by Crippen LogP contribution is 2.25. The van der Waals surface area contributed by atoms with Crippen LogP contribution in [0.15, 0.2) is 18.2 Å². The van der Waals surface area contributed by atoms with Crippen LogP contribution in [0.25, 0.3) is 0 Å². The van der Waals surface area contributed by atoms with E-state index in [1.54, 1.807) is 44.3 Å². The number of nitrogens with zero attached hydrogens (tertiary/aromatic N) is 2. The molecule has 3 atom stereocenters. The number of morpholine rings is 1. The molecular formula is C19H26ClN3O4. The Bertz CT molecular complexity index is 712. The van der Waals surface area contributed by atoms with E-state index in [0.717, 1.165) is 13.0 Å². The zero-order valence-corrected chi connectivity index (χ0v) is 16.7. The van der Waals surface area contributed by atoms with Crippen LogP contribution in [0, 0.1) is 0 Å². The Labute approximate surface area is 164 Å². The van der Waals surface area contributed by atoms with Crippen LogP contribution in [0.4, 0.5) is 0 Å². The Kier molecular flexibility index (Phi) is 6.24. The Balaban J connectivity index is 1.56. The van der Waals surface area contributed by atoms with Gasteiger partial charge in [0.2, 0.25) is 5.91 Å². The second-order valence-corrected chi connectivity index (χ2v) is 7.78. The Morgan fingerprint density at radius 2 is 2.11 bits per heavy atom. The van der Waals surface area contributed by atoms with Gasteiger partial charge >= 0.3 is 0 Å². The fraction of sp³-hybridized carbons (Fsp3) is 0.579. The van der Waals surface area contributed by atoms with Gasteiger partial charge in [0.1, 0.15) is 5.75 Å². The SMILES string of the molecule is COc1cc(Cl)cc(C(=O)N[C@@H]2C[C@H]3CO[C@@H](CC(=O)N(C)C)CN3C2)c1. The van der Waals surface area contributed by atoms with E-state index in [2.05, 4.69) is 10.2 Å². The number of halogens is 1. The first-order valence-corrected chi connectivity index (χ1v) is 9.44. The van der Waals surface area contributed by atoms with Crippen molar-refractivity contribution in [2.45, 2.75) is 31.0 Å². The Hall–Kier alpha value is -1.83. The Morgan fingerprint density at radius 1 is 1.33 bits per heavy atom. The van der Waals surface area contributed by atoms with Crippen molar-refractivity contribution in [1.82, 2.24) is 15.1 Å². The van der Waals surface area contributed by atoms with Crippen molar-refractivity contribution in [2.24, 2.45) is 0 Å². The van der Waals surface area contributed by atoms with Gasteiger partial charge in [-0.25, -0.2) is 0 Å². The van der Waals surface area contributed by atoms with Gasteiger partial charge in [-0.2, -0.15) is 0 Å². The zero-order chi connectivity index (χ0) is 19.6. The van der Waals surface area contributed by atoms with Crippen molar-refractivity contribution in [3.63, 3.8) is 0 Å². The lowest BCUT2D eigenvalue weighted by molar-refractivity contribution is -0.134. The van der Waals surface area contributed by atoms with Crippen LogP contribution in [-0.2, 0) is 9.53 Å². The predicted molar refractivity (Wildman–Crippen MR) is 102 cm³/mol. The van der Waals surface area contributed by atoms with E-state index in [-0.39, 0.29) is 30.0 Å². The third kappa shape index (κ3) is 4.91. The quantitative estimate of drug-likeness (QED) is 0.816. The van der Waals surface area contributed by atoms with Gasteiger partial charge in [-0.15, -0.1) is 0 Å². The number of benzene rings is 1. The van der Waals surface area contributed by atoms with Crippen LogP contribution in [0.5, 0.6) is 5.75 Å². The number of hydrogen-bond donors (Lipinski definition) is 1. The minimum absolute atomic E-state index is 0.0411. The normalized spacial score (nSPS) is 25.0. The van der Waals surface area contributed by atoms with Gasteiger partial charge in [0.15, 0.2) is 0 Å². The summed E-state index contributed by atoms with van der Waals surface area (Å²) in [4.78, 5) is 28.4. The topological polar surface area (TPSA) is 71.1 Å². The average Bonchev–Trinajstić information content (AvgIpc) is 3.02. The number of methoxy groups -OCH3 is 1. The third-order valence-corrected chi connectivity index (χ3v) is 5.31. The summed E-state index contributed by atoms with van der Waals surface area (Å²) in [6.45, 7) is 2.05. The van der Waals surface area contributed by atoms with Crippen molar-refractivity contribution >= 4 is 23.4 Å². The number of amides is 2.